The van der Waals surface area contributed by atoms with Crippen molar-refractivity contribution >= 4 is 34.9 Å². The molecule has 1 saturated carbocycles. The molecule has 0 spiro atoms. The highest BCUT2D eigenvalue weighted by Crippen LogP contribution is 2.47. The van der Waals surface area contributed by atoms with Gasteiger partial charge in [-0.05, 0) is 54.7 Å². The lowest BCUT2D eigenvalue weighted by Crippen LogP contribution is -2.56. The summed E-state index contributed by atoms with van der Waals surface area (Å²) in [7, 11) is 0. The number of carboxylic acid groups (broad SMARTS) is 1. The molecular formula is C32H34N2O6. The molecule has 4 N–H and O–H groups in total. The van der Waals surface area contributed by atoms with E-state index in [4.69, 9.17) is 0 Å². The summed E-state index contributed by atoms with van der Waals surface area (Å²) >= 11 is 0. The van der Waals surface area contributed by atoms with Crippen molar-refractivity contribution in [3.8, 4) is 0 Å². The van der Waals surface area contributed by atoms with Crippen molar-refractivity contribution in [2.75, 3.05) is 10.6 Å². The zero-order valence-corrected chi connectivity index (χ0v) is 22.8. The number of aromatic carboxylic acids is 1. The van der Waals surface area contributed by atoms with Crippen molar-refractivity contribution in [1.82, 2.24) is 0 Å². The third-order valence-corrected chi connectivity index (χ3v) is 7.69. The van der Waals surface area contributed by atoms with E-state index in [2.05, 4.69) is 10.6 Å². The molecule has 208 valence electrons. The van der Waals surface area contributed by atoms with Crippen LogP contribution in [0.15, 0.2) is 72.8 Å². The van der Waals surface area contributed by atoms with Crippen LogP contribution in [0.3, 0.4) is 0 Å². The number of rotatable bonds is 8. The van der Waals surface area contributed by atoms with E-state index in [1.165, 1.54) is 25.1 Å². The van der Waals surface area contributed by atoms with Crippen molar-refractivity contribution in [1.29, 1.82) is 0 Å². The molecule has 4 rings (SSSR count). The Hall–Kier alpha value is -4.30. The minimum atomic E-state index is -1.85. The number of ketones is 1. The van der Waals surface area contributed by atoms with Crippen LogP contribution in [0.25, 0.3) is 0 Å². The third kappa shape index (κ3) is 5.67. The molecule has 0 saturated heterocycles. The highest BCUT2D eigenvalue weighted by atomic mass is 16.4. The molecule has 4 unspecified atom stereocenters. The molecule has 1 aliphatic rings. The standard InChI is InChI=1S/C32H34N2O6/c1-4-19-12-6-10-16-23(19)33-29(36)27-25(35)18-32(3,40)28(26(27)21-14-8-9-15-22(21)31(38)39)30(37)34-24-17-11-7-13-20(24)5-2/h6-17,26-28,40H,4-5,18H2,1-3H3,(H,33,36)(H,34,37)(H,38,39). The molecule has 3 aromatic rings. The molecule has 8 nitrogen and oxygen atoms in total. The van der Waals surface area contributed by atoms with E-state index >= 15 is 0 Å². The average molecular weight is 543 g/mol. The molecule has 1 fully saturated rings. The van der Waals surface area contributed by atoms with Gasteiger partial charge in [0.2, 0.25) is 11.8 Å². The monoisotopic (exact) mass is 542 g/mol. The van der Waals surface area contributed by atoms with Crippen molar-refractivity contribution in [2.45, 2.75) is 51.6 Å². The number of benzene rings is 3. The summed E-state index contributed by atoms with van der Waals surface area (Å²) in [5.74, 6) is -7.06. The molecule has 0 bridgehead atoms. The van der Waals surface area contributed by atoms with Crippen molar-refractivity contribution in [3.05, 3.63) is 95.1 Å². The first-order chi connectivity index (χ1) is 19.1. The van der Waals surface area contributed by atoms with E-state index in [9.17, 15) is 29.4 Å². The Bertz CT molecular complexity index is 1450. The van der Waals surface area contributed by atoms with Crippen molar-refractivity contribution < 1.29 is 29.4 Å². The molecular weight excluding hydrogens is 508 g/mol. The molecule has 0 radical (unpaired) electrons. The maximum absolute atomic E-state index is 14.0. The number of carboxylic acids is 1. The van der Waals surface area contributed by atoms with Gasteiger partial charge in [0.1, 0.15) is 11.7 Å². The van der Waals surface area contributed by atoms with E-state index in [-0.39, 0.29) is 11.1 Å². The molecule has 0 aliphatic heterocycles. The van der Waals surface area contributed by atoms with Gasteiger partial charge in [0.15, 0.2) is 0 Å². The van der Waals surface area contributed by atoms with Crippen LogP contribution in [0.4, 0.5) is 11.4 Å². The smallest absolute Gasteiger partial charge is 0.335 e. The van der Waals surface area contributed by atoms with Crippen LogP contribution >= 0.6 is 0 Å². The number of Topliss-reactive ketones (excluding diaryl/α,β-unsaturated/α-hetero) is 1. The Labute approximate surface area is 233 Å². The number of aryl methyl sites for hydroxylation is 2. The highest BCUT2D eigenvalue weighted by Gasteiger charge is 2.56. The average Bonchev–Trinajstić information content (AvgIpc) is 2.92. The number of carbonyl (C=O) groups is 4. The van der Waals surface area contributed by atoms with Crippen LogP contribution in [-0.2, 0) is 27.2 Å². The predicted octanol–water partition coefficient (Wildman–Crippen LogP) is 4.83. The predicted molar refractivity (Wildman–Crippen MR) is 152 cm³/mol. The molecule has 2 amide bonds. The lowest BCUT2D eigenvalue weighted by molar-refractivity contribution is -0.150. The maximum Gasteiger partial charge on any atom is 0.335 e. The van der Waals surface area contributed by atoms with Gasteiger partial charge < -0.3 is 20.8 Å². The molecule has 8 heteroatoms. The summed E-state index contributed by atoms with van der Waals surface area (Å²) in [4.78, 5) is 53.7. The van der Waals surface area contributed by atoms with E-state index in [0.29, 0.717) is 24.2 Å². The summed E-state index contributed by atoms with van der Waals surface area (Å²) < 4.78 is 0. The zero-order valence-electron chi connectivity index (χ0n) is 22.8. The molecule has 4 atom stereocenters. The Balaban J connectivity index is 1.85. The van der Waals surface area contributed by atoms with Gasteiger partial charge in [-0.3, -0.25) is 14.4 Å². The Morgan fingerprint density at radius 1 is 0.825 bits per heavy atom. The number of amides is 2. The minimum absolute atomic E-state index is 0.135. The zero-order chi connectivity index (χ0) is 29.0. The summed E-state index contributed by atoms with van der Waals surface area (Å²) in [5, 5.41) is 27.3. The van der Waals surface area contributed by atoms with Crippen LogP contribution in [0.5, 0.6) is 0 Å². The van der Waals surface area contributed by atoms with Crippen LogP contribution in [0.2, 0.25) is 0 Å². The largest absolute Gasteiger partial charge is 0.478 e. The van der Waals surface area contributed by atoms with E-state index in [1.807, 2.05) is 38.1 Å². The summed E-state index contributed by atoms with van der Waals surface area (Å²) in [5.41, 5.74) is 0.952. The van der Waals surface area contributed by atoms with Gasteiger partial charge in [0.05, 0.1) is 17.1 Å². The van der Waals surface area contributed by atoms with Crippen LogP contribution in [-0.4, -0.2) is 39.4 Å². The lowest BCUT2D eigenvalue weighted by Gasteiger charge is -2.45. The van der Waals surface area contributed by atoms with Gasteiger partial charge in [-0.1, -0.05) is 68.4 Å². The van der Waals surface area contributed by atoms with Crippen molar-refractivity contribution in [3.63, 3.8) is 0 Å². The van der Waals surface area contributed by atoms with E-state index < -0.39 is 53.3 Å². The number of hydrogen-bond acceptors (Lipinski definition) is 5. The molecule has 1 aliphatic carbocycles. The van der Waals surface area contributed by atoms with Crippen LogP contribution in [0.1, 0.15) is 60.2 Å². The van der Waals surface area contributed by atoms with E-state index in [0.717, 1.165) is 11.1 Å². The summed E-state index contributed by atoms with van der Waals surface area (Å²) in [6.07, 6.45) is 0.833. The Kier molecular flexibility index (Phi) is 8.49. The second-order valence-corrected chi connectivity index (χ2v) is 10.4. The number of para-hydroxylation sites is 2. The molecule has 3 aromatic carbocycles. The molecule has 40 heavy (non-hydrogen) atoms. The topological polar surface area (TPSA) is 133 Å². The van der Waals surface area contributed by atoms with Gasteiger partial charge in [0, 0.05) is 23.7 Å². The number of aliphatic hydroxyl groups is 1. The fourth-order valence-electron chi connectivity index (χ4n) is 5.77. The second-order valence-electron chi connectivity index (χ2n) is 10.4. The van der Waals surface area contributed by atoms with Crippen LogP contribution < -0.4 is 10.6 Å². The van der Waals surface area contributed by atoms with Gasteiger partial charge in [-0.2, -0.15) is 0 Å². The SMILES string of the molecule is CCc1ccccc1NC(=O)C1C(=O)CC(C)(O)C(C(=O)Nc2ccccc2CC)C1c1ccccc1C(=O)O. The van der Waals surface area contributed by atoms with Crippen LogP contribution in [0, 0.1) is 11.8 Å². The molecule has 0 heterocycles. The highest BCUT2D eigenvalue weighted by molar-refractivity contribution is 6.11. The third-order valence-electron chi connectivity index (χ3n) is 7.69. The number of carbonyl (C=O) groups excluding carboxylic acids is 3. The summed E-state index contributed by atoms with van der Waals surface area (Å²) in [6.45, 7) is 5.27. The molecule has 0 aromatic heterocycles. The normalized spacial score (nSPS) is 22.4. The van der Waals surface area contributed by atoms with Gasteiger partial charge in [-0.15, -0.1) is 0 Å². The van der Waals surface area contributed by atoms with Gasteiger partial charge >= 0.3 is 5.97 Å². The first-order valence-corrected chi connectivity index (χ1v) is 13.4. The lowest BCUT2D eigenvalue weighted by atomic mass is 9.60. The minimum Gasteiger partial charge on any atom is -0.478 e. The maximum atomic E-state index is 14.0. The van der Waals surface area contributed by atoms with Gasteiger partial charge in [0.25, 0.3) is 0 Å². The number of hydrogen-bond donors (Lipinski definition) is 4. The van der Waals surface area contributed by atoms with Gasteiger partial charge in [-0.25, -0.2) is 4.79 Å². The second kappa shape index (κ2) is 11.8. The quantitative estimate of drug-likeness (QED) is 0.302. The number of nitrogens with one attached hydrogen (secondary N) is 2. The summed E-state index contributed by atoms with van der Waals surface area (Å²) in [6, 6.07) is 20.4. The number of anilines is 2. The fourth-order valence-corrected chi connectivity index (χ4v) is 5.77. The Morgan fingerprint density at radius 3 is 1.88 bits per heavy atom. The Morgan fingerprint density at radius 2 is 1.32 bits per heavy atom. The first kappa shape index (κ1) is 28.7. The first-order valence-electron chi connectivity index (χ1n) is 13.4. The fraction of sp³-hybridized carbons (Fsp3) is 0.312. The van der Waals surface area contributed by atoms with Crippen molar-refractivity contribution in [2.24, 2.45) is 11.8 Å². The van der Waals surface area contributed by atoms with E-state index in [1.54, 1.807) is 30.3 Å².